The van der Waals surface area contributed by atoms with Gasteiger partial charge in [0.2, 0.25) is 0 Å². The minimum atomic E-state index is -0.937. The molecule has 0 heterocycles. The summed E-state index contributed by atoms with van der Waals surface area (Å²) < 4.78 is 25.5. The lowest BCUT2D eigenvalue weighted by atomic mass is 10.1. The van der Waals surface area contributed by atoms with Crippen LogP contribution in [0.15, 0.2) is 12.1 Å². The molecule has 0 saturated heterocycles. The Morgan fingerprint density at radius 3 is 2.45 bits per heavy atom. The molecule has 0 amide bonds. The minimum absolute atomic E-state index is 0.0342. The Morgan fingerprint density at radius 2 is 1.91 bits per heavy atom. The van der Waals surface area contributed by atoms with E-state index in [1.54, 1.807) is 0 Å². The lowest BCUT2D eigenvalue weighted by Gasteiger charge is -1.98. The molecule has 0 aliphatic rings. The second kappa shape index (κ2) is 2.71. The number of hydrogen-bond donors (Lipinski definition) is 0. The zero-order chi connectivity index (χ0) is 8.43. The van der Waals surface area contributed by atoms with Crippen LogP contribution in [0.2, 0.25) is 0 Å². The van der Waals surface area contributed by atoms with Crippen molar-refractivity contribution < 1.29 is 8.78 Å². The molecule has 0 radical (unpaired) electrons. The standard InChI is InChI=1S/C9H6F2/c1-3-7-5-4-6(2)8(10)9(7)11/h1,4-5H,2H3. The molecular weight excluding hydrogens is 146 g/mol. The van der Waals surface area contributed by atoms with Crippen molar-refractivity contribution in [2.45, 2.75) is 6.92 Å². The zero-order valence-electron chi connectivity index (χ0n) is 5.99. The molecule has 2 heteroatoms. The zero-order valence-corrected chi connectivity index (χ0v) is 5.99. The highest BCUT2D eigenvalue weighted by atomic mass is 19.2. The Balaban J connectivity index is 3.40. The smallest absolute Gasteiger partial charge is 0.174 e. The molecule has 1 aromatic carbocycles. The first-order valence-corrected chi connectivity index (χ1v) is 3.08. The van der Waals surface area contributed by atoms with E-state index in [1.807, 2.05) is 5.92 Å². The molecule has 0 spiro atoms. The predicted octanol–water partition coefficient (Wildman–Crippen LogP) is 2.25. The van der Waals surface area contributed by atoms with E-state index in [-0.39, 0.29) is 11.1 Å². The predicted molar refractivity (Wildman–Crippen MR) is 39.0 cm³/mol. The van der Waals surface area contributed by atoms with Gasteiger partial charge in [0, 0.05) is 0 Å². The summed E-state index contributed by atoms with van der Waals surface area (Å²) in [5.74, 6) is 0.250. The van der Waals surface area contributed by atoms with E-state index in [4.69, 9.17) is 6.42 Å². The van der Waals surface area contributed by atoms with Crippen LogP contribution in [0.25, 0.3) is 0 Å². The van der Waals surface area contributed by atoms with Crippen LogP contribution in [0.5, 0.6) is 0 Å². The molecule has 1 aromatic rings. The van der Waals surface area contributed by atoms with E-state index in [2.05, 4.69) is 0 Å². The molecule has 1 rings (SSSR count). The molecule has 0 nitrogen and oxygen atoms in total. The lowest BCUT2D eigenvalue weighted by Crippen LogP contribution is -1.92. The van der Waals surface area contributed by atoms with Crippen LogP contribution in [0, 0.1) is 30.9 Å². The van der Waals surface area contributed by atoms with E-state index in [1.165, 1.54) is 19.1 Å². The van der Waals surface area contributed by atoms with Crippen LogP contribution in [0.3, 0.4) is 0 Å². The number of halogens is 2. The third-order valence-electron chi connectivity index (χ3n) is 1.43. The van der Waals surface area contributed by atoms with Crippen LogP contribution in [0.4, 0.5) is 8.78 Å². The Morgan fingerprint density at radius 1 is 1.27 bits per heavy atom. The Kier molecular flexibility index (Phi) is 1.91. The van der Waals surface area contributed by atoms with Crippen molar-refractivity contribution in [2.75, 3.05) is 0 Å². The fraction of sp³-hybridized carbons (Fsp3) is 0.111. The van der Waals surface area contributed by atoms with Crippen molar-refractivity contribution >= 4 is 0 Å². The molecule has 0 aromatic heterocycles. The van der Waals surface area contributed by atoms with E-state index in [0.717, 1.165) is 0 Å². The summed E-state index contributed by atoms with van der Waals surface area (Å²) in [6, 6.07) is 2.83. The highest BCUT2D eigenvalue weighted by Crippen LogP contribution is 2.14. The van der Waals surface area contributed by atoms with Gasteiger partial charge in [-0.15, -0.1) is 6.42 Å². The number of aryl methyl sites for hydroxylation is 1. The van der Waals surface area contributed by atoms with Crippen molar-refractivity contribution in [1.82, 2.24) is 0 Å². The van der Waals surface area contributed by atoms with E-state index in [9.17, 15) is 8.78 Å². The quantitative estimate of drug-likeness (QED) is 0.500. The first kappa shape index (κ1) is 7.74. The fourth-order valence-corrected chi connectivity index (χ4v) is 0.757. The van der Waals surface area contributed by atoms with Gasteiger partial charge in [-0.25, -0.2) is 8.78 Å². The topological polar surface area (TPSA) is 0 Å². The second-order valence-electron chi connectivity index (χ2n) is 2.20. The minimum Gasteiger partial charge on any atom is -0.203 e. The van der Waals surface area contributed by atoms with E-state index in [0.29, 0.717) is 0 Å². The number of rotatable bonds is 0. The van der Waals surface area contributed by atoms with Gasteiger partial charge in [0.1, 0.15) is 0 Å². The normalized spacial score (nSPS) is 9.27. The molecule has 11 heavy (non-hydrogen) atoms. The van der Waals surface area contributed by atoms with Crippen molar-refractivity contribution in [2.24, 2.45) is 0 Å². The van der Waals surface area contributed by atoms with Gasteiger partial charge >= 0.3 is 0 Å². The molecule has 0 N–H and O–H groups in total. The number of terminal acetylenes is 1. The summed E-state index contributed by atoms with van der Waals surface area (Å²) in [5, 5.41) is 0. The fourth-order valence-electron chi connectivity index (χ4n) is 0.757. The summed E-state index contributed by atoms with van der Waals surface area (Å²) in [7, 11) is 0. The molecule has 56 valence electrons. The van der Waals surface area contributed by atoms with Crippen molar-refractivity contribution in [3.63, 3.8) is 0 Å². The van der Waals surface area contributed by atoms with E-state index >= 15 is 0 Å². The monoisotopic (exact) mass is 152 g/mol. The summed E-state index contributed by atoms with van der Waals surface area (Å²) in [6.45, 7) is 1.48. The third kappa shape index (κ3) is 1.22. The highest BCUT2D eigenvalue weighted by Gasteiger charge is 2.07. The Labute approximate surface area is 63.9 Å². The molecule has 0 aliphatic heterocycles. The maximum atomic E-state index is 12.7. The summed E-state index contributed by atoms with van der Waals surface area (Å²) in [5.41, 5.74) is 0.231. The maximum Gasteiger partial charge on any atom is 0.174 e. The highest BCUT2D eigenvalue weighted by molar-refractivity contribution is 5.36. The SMILES string of the molecule is C#Cc1ccc(C)c(F)c1F. The van der Waals surface area contributed by atoms with Crippen molar-refractivity contribution in [3.05, 3.63) is 34.9 Å². The molecule has 0 aliphatic carbocycles. The average molecular weight is 152 g/mol. The van der Waals surface area contributed by atoms with E-state index < -0.39 is 11.6 Å². The van der Waals surface area contributed by atoms with Gasteiger partial charge in [0.15, 0.2) is 11.6 Å². The van der Waals surface area contributed by atoms with Gasteiger partial charge in [0.05, 0.1) is 5.56 Å². The first-order chi connectivity index (χ1) is 5.16. The van der Waals surface area contributed by atoms with Crippen molar-refractivity contribution in [1.29, 1.82) is 0 Å². The van der Waals surface area contributed by atoms with Crippen molar-refractivity contribution in [3.8, 4) is 12.3 Å². The summed E-state index contributed by atoms with van der Waals surface area (Å²) >= 11 is 0. The van der Waals surface area contributed by atoms with Gasteiger partial charge < -0.3 is 0 Å². The summed E-state index contributed by atoms with van der Waals surface area (Å²) in [6.07, 6.45) is 4.91. The molecule has 0 fully saturated rings. The third-order valence-corrected chi connectivity index (χ3v) is 1.43. The van der Waals surface area contributed by atoms with Crippen LogP contribution < -0.4 is 0 Å². The number of hydrogen-bond acceptors (Lipinski definition) is 0. The Hall–Kier alpha value is -1.36. The van der Waals surface area contributed by atoms with Gasteiger partial charge in [-0.3, -0.25) is 0 Å². The van der Waals surface area contributed by atoms with Gasteiger partial charge in [-0.05, 0) is 18.6 Å². The largest absolute Gasteiger partial charge is 0.203 e. The van der Waals surface area contributed by atoms with Gasteiger partial charge in [-0.2, -0.15) is 0 Å². The molecular formula is C9H6F2. The van der Waals surface area contributed by atoms with Gasteiger partial charge in [0.25, 0.3) is 0 Å². The number of benzene rings is 1. The maximum absolute atomic E-state index is 12.7. The Bertz CT molecular complexity index is 321. The average Bonchev–Trinajstić information content (AvgIpc) is 2.01. The van der Waals surface area contributed by atoms with Crippen LogP contribution in [-0.2, 0) is 0 Å². The van der Waals surface area contributed by atoms with Gasteiger partial charge in [-0.1, -0.05) is 12.0 Å². The summed E-state index contributed by atoms with van der Waals surface area (Å²) in [4.78, 5) is 0. The van der Waals surface area contributed by atoms with Crippen LogP contribution in [0.1, 0.15) is 11.1 Å². The molecule has 0 bridgehead atoms. The molecule has 0 atom stereocenters. The molecule has 0 unspecified atom stereocenters. The van der Waals surface area contributed by atoms with Crippen LogP contribution in [-0.4, -0.2) is 0 Å². The molecule has 0 saturated carbocycles. The lowest BCUT2D eigenvalue weighted by molar-refractivity contribution is 0.501. The second-order valence-corrected chi connectivity index (χ2v) is 2.20. The first-order valence-electron chi connectivity index (χ1n) is 3.08. The van der Waals surface area contributed by atoms with Crippen LogP contribution >= 0.6 is 0 Å².